The third kappa shape index (κ3) is 2.25. The zero-order valence-electron chi connectivity index (χ0n) is 13.4. The van der Waals surface area contributed by atoms with Crippen LogP contribution in [0.15, 0.2) is 53.9 Å². The van der Waals surface area contributed by atoms with Gasteiger partial charge in [0.1, 0.15) is 6.33 Å². The molecule has 2 aliphatic heterocycles. The number of hydrogen-bond acceptors (Lipinski definition) is 5. The molecule has 2 saturated heterocycles. The van der Waals surface area contributed by atoms with Crippen molar-refractivity contribution < 1.29 is 22.0 Å². The van der Waals surface area contributed by atoms with Crippen LogP contribution < -0.4 is 4.90 Å². The lowest BCUT2D eigenvalue weighted by molar-refractivity contribution is -0.130. The van der Waals surface area contributed by atoms with Gasteiger partial charge in [-0.1, -0.05) is 18.2 Å². The third-order valence-electron chi connectivity index (χ3n) is 4.76. The molecular formula is C16H14F2N4O3S. The summed E-state index contributed by atoms with van der Waals surface area (Å²) < 4.78 is 56.8. The number of halogens is 2. The predicted molar refractivity (Wildman–Crippen MR) is 87.3 cm³/mol. The van der Waals surface area contributed by atoms with Gasteiger partial charge in [0.25, 0.3) is 5.91 Å². The fraction of sp³-hybridized carbons (Fsp3) is 0.312. The Bertz CT molecular complexity index is 960. The molecule has 26 heavy (non-hydrogen) atoms. The fourth-order valence-electron chi connectivity index (χ4n) is 3.37. The first-order chi connectivity index (χ1) is 12.3. The molecule has 0 spiro atoms. The Hall–Kier alpha value is -2.46. The normalized spacial score (nSPS) is 29.2. The van der Waals surface area contributed by atoms with Gasteiger partial charge in [0.15, 0.2) is 5.67 Å². The van der Waals surface area contributed by atoms with Gasteiger partial charge in [0.2, 0.25) is 15.7 Å². The Morgan fingerprint density at radius 3 is 2.27 bits per heavy atom. The number of nitrogens with zero attached hydrogens (tertiary/aromatic N) is 4. The zero-order chi connectivity index (χ0) is 18.6. The van der Waals surface area contributed by atoms with Gasteiger partial charge in [0.05, 0.1) is 42.6 Å². The van der Waals surface area contributed by atoms with Crippen molar-refractivity contribution in [1.29, 1.82) is 0 Å². The SMILES string of the molecule is O=C1N(c2cncnc2)C[C@@]2(F)CN(S(=O)(=O)c3ccccc3)C[C@@]12F. The van der Waals surface area contributed by atoms with E-state index in [1.165, 1.54) is 43.0 Å². The Morgan fingerprint density at radius 1 is 1.00 bits per heavy atom. The minimum Gasteiger partial charge on any atom is -0.303 e. The van der Waals surface area contributed by atoms with Crippen molar-refractivity contribution in [3.63, 3.8) is 0 Å². The maximum atomic E-state index is 15.4. The van der Waals surface area contributed by atoms with Crippen LogP contribution in [0.4, 0.5) is 14.5 Å². The lowest BCUT2D eigenvalue weighted by Crippen LogP contribution is -2.47. The van der Waals surface area contributed by atoms with Crippen molar-refractivity contribution in [3.8, 4) is 0 Å². The fourth-order valence-corrected chi connectivity index (χ4v) is 4.89. The van der Waals surface area contributed by atoms with Crippen molar-refractivity contribution in [3.05, 3.63) is 49.1 Å². The van der Waals surface area contributed by atoms with E-state index < -0.39 is 46.9 Å². The molecule has 2 fully saturated rings. The van der Waals surface area contributed by atoms with Gasteiger partial charge in [-0.15, -0.1) is 0 Å². The first kappa shape index (κ1) is 17.0. The van der Waals surface area contributed by atoms with Crippen molar-refractivity contribution >= 4 is 21.6 Å². The lowest BCUT2D eigenvalue weighted by atomic mass is 9.93. The Balaban J connectivity index is 1.67. The molecule has 3 heterocycles. The molecule has 7 nitrogen and oxygen atoms in total. The van der Waals surface area contributed by atoms with E-state index in [-0.39, 0.29) is 10.6 Å². The van der Waals surface area contributed by atoms with Crippen LogP contribution in [0.1, 0.15) is 0 Å². The summed E-state index contributed by atoms with van der Waals surface area (Å²) in [5.41, 5.74) is -5.44. The minimum atomic E-state index is -4.10. The Morgan fingerprint density at radius 2 is 1.65 bits per heavy atom. The predicted octanol–water partition coefficient (Wildman–Crippen LogP) is 0.944. The molecule has 0 saturated carbocycles. The number of carbonyl (C=O) groups excluding carboxylic acids is 1. The Kier molecular flexibility index (Phi) is 3.60. The number of hydrogen-bond donors (Lipinski definition) is 0. The molecule has 4 rings (SSSR count). The van der Waals surface area contributed by atoms with Crippen LogP contribution in [0.5, 0.6) is 0 Å². The molecule has 1 amide bonds. The van der Waals surface area contributed by atoms with Gasteiger partial charge in [-0.3, -0.25) is 4.79 Å². The van der Waals surface area contributed by atoms with Crippen LogP contribution in [0.25, 0.3) is 0 Å². The zero-order valence-corrected chi connectivity index (χ0v) is 14.2. The summed E-state index contributed by atoms with van der Waals surface area (Å²) in [4.78, 5) is 20.9. The highest BCUT2D eigenvalue weighted by Crippen LogP contribution is 2.47. The van der Waals surface area contributed by atoms with Crippen molar-refractivity contribution in [2.45, 2.75) is 16.2 Å². The molecule has 2 aliphatic rings. The van der Waals surface area contributed by atoms with E-state index in [0.29, 0.717) is 4.31 Å². The number of amides is 1. The number of aromatic nitrogens is 2. The number of rotatable bonds is 3. The smallest absolute Gasteiger partial charge is 0.269 e. The number of alkyl halides is 2. The van der Waals surface area contributed by atoms with Crippen molar-refractivity contribution in [2.24, 2.45) is 0 Å². The molecular weight excluding hydrogens is 366 g/mol. The van der Waals surface area contributed by atoms with Crippen molar-refractivity contribution in [1.82, 2.24) is 14.3 Å². The second-order valence-corrected chi connectivity index (χ2v) is 8.28. The molecule has 0 unspecified atom stereocenters. The number of fused-ring (bicyclic) bond motifs is 1. The van der Waals surface area contributed by atoms with Crippen LogP contribution in [-0.4, -0.2) is 59.6 Å². The maximum absolute atomic E-state index is 15.4. The number of anilines is 1. The summed E-state index contributed by atoms with van der Waals surface area (Å²) in [6.07, 6.45) is 3.78. The highest BCUT2D eigenvalue weighted by atomic mass is 32.2. The molecule has 2 atom stereocenters. The van der Waals surface area contributed by atoms with Gasteiger partial charge in [-0.25, -0.2) is 27.2 Å². The van der Waals surface area contributed by atoms with Gasteiger partial charge < -0.3 is 4.90 Å². The summed E-state index contributed by atoms with van der Waals surface area (Å²) in [6, 6.07) is 7.35. The highest BCUT2D eigenvalue weighted by Gasteiger charge is 2.72. The first-order valence-electron chi connectivity index (χ1n) is 7.78. The monoisotopic (exact) mass is 380 g/mol. The van der Waals surface area contributed by atoms with Gasteiger partial charge in [-0.05, 0) is 12.1 Å². The summed E-state index contributed by atoms with van der Waals surface area (Å²) in [6.45, 7) is -2.21. The highest BCUT2D eigenvalue weighted by molar-refractivity contribution is 7.89. The molecule has 1 aromatic carbocycles. The van der Waals surface area contributed by atoms with Crippen LogP contribution in [0, 0.1) is 0 Å². The molecule has 0 bridgehead atoms. The van der Waals surface area contributed by atoms with Gasteiger partial charge >= 0.3 is 0 Å². The average molecular weight is 380 g/mol. The molecule has 1 aromatic heterocycles. The summed E-state index contributed by atoms with van der Waals surface area (Å²) >= 11 is 0. The van der Waals surface area contributed by atoms with Crippen LogP contribution >= 0.6 is 0 Å². The molecule has 0 radical (unpaired) electrons. The molecule has 0 aliphatic carbocycles. The summed E-state index contributed by atoms with van der Waals surface area (Å²) in [7, 11) is -4.10. The number of benzene rings is 1. The molecule has 10 heteroatoms. The third-order valence-corrected chi connectivity index (χ3v) is 6.57. The second kappa shape index (κ2) is 5.52. The minimum absolute atomic E-state index is 0.0760. The lowest BCUT2D eigenvalue weighted by Gasteiger charge is -2.22. The topological polar surface area (TPSA) is 83.5 Å². The van der Waals surface area contributed by atoms with E-state index in [9.17, 15) is 13.2 Å². The molecule has 0 N–H and O–H groups in total. The van der Waals surface area contributed by atoms with E-state index >= 15 is 8.78 Å². The summed E-state index contributed by atoms with van der Waals surface area (Å²) in [5.74, 6) is -1.12. The average Bonchev–Trinajstić information content (AvgIpc) is 3.03. The molecule has 136 valence electrons. The van der Waals surface area contributed by atoms with E-state index in [1.54, 1.807) is 6.07 Å². The largest absolute Gasteiger partial charge is 0.303 e. The van der Waals surface area contributed by atoms with Crippen LogP contribution in [-0.2, 0) is 14.8 Å². The van der Waals surface area contributed by atoms with Crippen LogP contribution in [0.3, 0.4) is 0 Å². The molecule has 2 aromatic rings. The quantitative estimate of drug-likeness (QED) is 0.792. The van der Waals surface area contributed by atoms with E-state index in [0.717, 1.165) is 4.90 Å². The van der Waals surface area contributed by atoms with Gasteiger partial charge in [0, 0.05) is 0 Å². The number of sulfonamides is 1. The standard InChI is InChI=1S/C16H14F2N4O3S/c17-15-8-21(26(24,25)13-4-2-1-3-5-13)10-16(15,18)14(23)22(9-15)12-6-19-11-20-7-12/h1-7,11H,8-10H2/t15-,16+/m0/s1. The van der Waals surface area contributed by atoms with E-state index in [1.807, 2.05) is 0 Å². The second-order valence-electron chi connectivity index (χ2n) is 6.34. The first-order valence-corrected chi connectivity index (χ1v) is 9.22. The van der Waals surface area contributed by atoms with Crippen LogP contribution in [0.2, 0.25) is 0 Å². The van der Waals surface area contributed by atoms with E-state index in [2.05, 4.69) is 9.97 Å². The Labute approximate surface area is 148 Å². The van der Waals surface area contributed by atoms with Gasteiger partial charge in [-0.2, -0.15) is 4.31 Å². The maximum Gasteiger partial charge on any atom is 0.269 e. The van der Waals surface area contributed by atoms with E-state index in [4.69, 9.17) is 0 Å². The number of carbonyl (C=O) groups is 1. The summed E-state index contributed by atoms with van der Waals surface area (Å²) in [5, 5.41) is 0. The van der Waals surface area contributed by atoms with Crippen molar-refractivity contribution in [2.75, 3.05) is 24.5 Å².